The summed E-state index contributed by atoms with van der Waals surface area (Å²) in [4.78, 5) is 47.1. The maximum Gasteiger partial charge on any atom is 0.338 e. The number of anilines is 2. The SMILES string of the molecule is CC1CC(=O)Nc2ccccc2N1C(=O)COC(=O)c1ccc2nccnc2c1. The van der Waals surface area contributed by atoms with Crippen LogP contribution in [0.2, 0.25) is 0 Å². The number of carbonyl (C=O) groups is 3. The third-order valence-electron chi connectivity index (χ3n) is 4.66. The fourth-order valence-corrected chi connectivity index (χ4v) is 3.34. The number of hydrogen-bond acceptors (Lipinski definition) is 6. The molecule has 146 valence electrons. The topological polar surface area (TPSA) is 101 Å². The number of nitrogens with zero attached hydrogens (tertiary/aromatic N) is 3. The largest absolute Gasteiger partial charge is 0.452 e. The van der Waals surface area contributed by atoms with Gasteiger partial charge < -0.3 is 15.0 Å². The summed E-state index contributed by atoms with van der Waals surface area (Å²) in [5.41, 5.74) is 2.63. The Labute approximate surface area is 166 Å². The van der Waals surface area contributed by atoms with Gasteiger partial charge >= 0.3 is 5.97 Å². The molecule has 1 unspecified atom stereocenters. The summed E-state index contributed by atoms with van der Waals surface area (Å²) in [5, 5.41) is 2.79. The second kappa shape index (κ2) is 7.67. The second-order valence-electron chi connectivity index (χ2n) is 6.72. The number of aromatic nitrogens is 2. The van der Waals surface area contributed by atoms with Crippen LogP contribution in [0.4, 0.5) is 11.4 Å². The van der Waals surface area contributed by atoms with Crippen molar-refractivity contribution in [2.45, 2.75) is 19.4 Å². The van der Waals surface area contributed by atoms with Crippen molar-refractivity contribution in [3.8, 4) is 0 Å². The zero-order valence-electron chi connectivity index (χ0n) is 15.7. The van der Waals surface area contributed by atoms with Gasteiger partial charge in [-0.1, -0.05) is 12.1 Å². The molecule has 1 aliphatic rings. The maximum absolute atomic E-state index is 12.9. The second-order valence-corrected chi connectivity index (χ2v) is 6.72. The minimum Gasteiger partial charge on any atom is -0.452 e. The average molecular weight is 390 g/mol. The van der Waals surface area contributed by atoms with Gasteiger partial charge in [-0.3, -0.25) is 19.6 Å². The van der Waals surface area contributed by atoms with E-state index in [2.05, 4.69) is 15.3 Å². The Morgan fingerprint density at radius 1 is 1.14 bits per heavy atom. The van der Waals surface area contributed by atoms with Crippen LogP contribution >= 0.6 is 0 Å². The van der Waals surface area contributed by atoms with Crippen LogP contribution in [0, 0.1) is 0 Å². The minimum atomic E-state index is -0.629. The number of amides is 2. The molecular weight excluding hydrogens is 372 g/mol. The molecule has 8 nitrogen and oxygen atoms in total. The van der Waals surface area contributed by atoms with Crippen LogP contribution in [0.5, 0.6) is 0 Å². The highest BCUT2D eigenvalue weighted by Crippen LogP contribution is 2.31. The summed E-state index contributed by atoms with van der Waals surface area (Å²) in [5.74, 6) is -1.21. The Kier molecular flexibility index (Phi) is 4.90. The predicted octanol–water partition coefficient (Wildman–Crippen LogP) is 2.55. The van der Waals surface area contributed by atoms with E-state index < -0.39 is 18.5 Å². The van der Waals surface area contributed by atoms with Crippen LogP contribution in [0.15, 0.2) is 54.9 Å². The van der Waals surface area contributed by atoms with Gasteiger partial charge in [0.15, 0.2) is 6.61 Å². The highest BCUT2D eigenvalue weighted by Gasteiger charge is 2.30. The van der Waals surface area contributed by atoms with Crippen LogP contribution < -0.4 is 10.2 Å². The Morgan fingerprint density at radius 2 is 1.90 bits per heavy atom. The molecular formula is C21H18N4O4. The molecule has 0 saturated heterocycles. The first kappa shape index (κ1) is 18.5. The Hall–Kier alpha value is -3.81. The minimum absolute atomic E-state index is 0.151. The Morgan fingerprint density at radius 3 is 2.72 bits per heavy atom. The zero-order valence-corrected chi connectivity index (χ0v) is 15.7. The normalized spacial score (nSPS) is 16.0. The number of hydrogen-bond donors (Lipinski definition) is 1. The van der Waals surface area contributed by atoms with Gasteiger partial charge in [0.1, 0.15) is 0 Å². The van der Waals surface area contributed by atoms with Crippen molar-refractivity contribution in [3.63, 3.8) is 0 Å². The number of rotatable bonds is 3. The van der Waals surface area contributed by atoms with Gasteiger partial charge in [0.25, 0.3) is 5.91 Å². The van der Waals surface area contributed by atoms with Crippen LogP contribution in [0.25, 0.3) is 11.0 Å². The number of nitrogens with one attached hydrogen (secondary N) is 1. The molecule has 1 atom stereocenters. The molecule has 2 aromatic carbocycles. The van der Waals surface area contributed by atoms with E-state index in [1.165, 1.54) is 11.1 Å². The van der Waals surface area contributed by atoms with Crippen molar-refractivity contribution in [2.24, 2.45) is 0 Å². The van der Waals surface area contributed by atoms with E-state index in [-0.39, 0.29) is 23.9 Å². The van der Waals surface area contributed by atoms with E-state index in [0.717, 1.165) is 0 Å². The standard InChI is InChI=1S/C21H18N4O4/c1-13-10-19(26)24-16-4-2-3-5-18(16)25(13)20(27)12-29-21(28)14-6-7-15-17(11-14)23-9-8-22-15/h2-9,11,13H,10,12H2,1H3,(H,24,26). The first-order valence-electron chi connectivity index (χ1n) is 9.12. The zero-order chi connectivity index (χ0) is 20.4. The molecule has 2 amide bonds. The average Bonchev–Trinajstić information content (AvgIpc) is 2.85. The number of carbonyl (C=O) groups excluding carboxylic acids is 3. The summed E-state index contributed by atoms with van der Waals surface area (Å²) in [6, 6.07) is 11.5. The van der Waals surface area contributed by atoms with E-state index in [1.807, 2.05) is 0 Å². The molecule has 0 fully saturated rings. The quantitative estimate of drug-likeness (QED) is 0.690. The van der Waals surface area contributed by atoms with Crippen molar-refractivity contribution in [1.29, 1.82) is 0 Å². The fourth-order valence-electron chi connectivity index (χ4n) is 3.34. The highest BCUT2D eigenvalue weighted by molar-refractivity contribution is 6.05. The third-order valence-corrected chi connectivity index (χ3v) is 4.66. The van der Waals surface area contributed by atoms with Crippen molar-refractivity contribution < 1.29 is 19.1 Å². The van der Waals surface area contributed by atoms with Gasteiger partial charge in [-0.2, -0.15) is 0 Å². The molecule has 8 heteroatoms. The molecule has 0 radical (unpaired) electrons. The lowest BCUT2D eigenvalue weighted by Crippen LogP contribution is -2.41. The molecule has 1 aromatic heterocycles. The van der Waals surface area contributed by atoms with Crippen LogP contribution in [0.1, 0.15) is 23.7 Å². The van der Waals surface area contributed by atoms with Gasteiger partial charge in [-0.25, -0.2) is 4.79 Å². The number of benzene rings is 2. The smallest absolute Gasteiger partial charge is 0.338 e. The summed E-state index contributed by atoms with van der Waals surface area (Å²) in [6.07, 6.45) is 3.25. The molecule has 0 bridgehead atoms. The first-order chi connectivity index (χ1) is 14.0. The molecule has 3 aromatic rings. The summed E-state index contributed by atoms with van der Waals surface area (Å²) >= 11 is 0. The lowest BCUT2D eigenvalue weighted by Gasteiger charge is -2.27. The van der Waals surface area contributed by atoms with E-state index in [9.17, 15) is 14.4 Å². The van der Waals surface area contributed by atoms with Gasteiger partial charge in [0, 0.05) is 24.9 Å². The fraction of sp³-hybridized carbons (Fsp3) is 0.190. The number of fused-ring (bicyclic) bond motifs is 2. The Balaban J connectivity index is 1.51. The monoisotopic (exact) mass is 390 g/mol. The van der Waals surface area contributed by atoms with Crippen molar-refractivity contribution >= 4 is 40.2 Å². The van der Waals surface area contributed by atoms with Gasteiger partial charge in [0.05, 0.1) is 28.0 Å². The molecule has 1 N–H and O–H groups in total. The van der Waals surface area contributed by atoms with E-state index in [1.54, 1.807) is 55.6 Å². The maximum atomic E-state index is 12.9. The van der Waals surface area contributed by atoms with Crippen molar-refractivity contribution in [1.82, 2.24) is 9.97 Å². The molecule has 0 spiro atoms. The first-order valence-corrected chi connectivity index (χ1v) is 9.12. The lowest BCUT2D eigenvalue weighted by atomic mass is 10.1. The summed E-state index contributed by atoms with van der Waals surface area (Å²) in [7, 11) is 0. The predicted molar refractivity (Wildman–Crippen MR) is 106 cm³/mol. The van der Waals surface area contributed by atoms with Gasteiger partial charge in [-0.05, 0) is 37.3 Å². The van der Waals surface area contributed by atoms with E-state index >= 15 is 0 Å². The molecule has 1 aliphatic heterocycles. The van der Waals surface area contributed by atoms with Crippen molar-refractivity contribution in [2.75, 3.05) is 16.8 Å². The highest BCUT2D eigenvalue weighted by atomic mass is 16.5. The van der Waals surface area contributed by atoms with Crippen LogP contribution in [-0.4, -0.2) is 40.4 Å². The molecule has 4 rings (SSSR count). The Bertz CT molecular complexity index is 1110. The van der Waals surface area contributed by atoms with Crippen LogP contribution in [0.3, 0.4) is 0 Å². The van der Waals surface area contributed by atoms with Crippen LogP contribution in [-0.2, 0) is 14.3 Å². The number of para-hydroxylation sites is 2. The molecule has 0 aliphatic carbocycles. The summed E-state index contributed by atoms with van der Waals surface area (Å²) in [6.45, 7) is 1.34. The molecule has 29 heavy (non-hydrogen) atoms. The van der Waals surface area contributed by atoms with Gasteiger partial charge in [-0.15, -0.1) is 0 Å². The number of ether oxygens (including phenoxy) is 1. The lowest BCUT2D eigenvalue weighted by molar-refractivity contribution is -0.122. The number of esters is 1. The summed E-state index contributed by atoms with van der Waals surface area (Å²) < 4.78 is 5.24. The van der Waals surface area contributed by atoms with E-state index in [0.29, 0.717) is 22.4 Å². The van der Waals surface area contributed by atoms with E-state index in [4.69, 9.17) is 4.74 Å². The third kappa shape index (κ3) is 3.77. The molecule has 0 saturated carbocycles. The molecule has 2 heterocycles. The van der Waals surface area contributed by atoms with Crippen molar-refractivity contribution in [3.05, 3.63) is 60.4 Å². The van der Waals surface area contributed by atoms with Gasteiger partial charge in [0.2, 0.25) is 5.91 Å².